The Balaban J connectivity index is 2.16. The summed E-state index contributed by atoms with van der Waals surface area (Å²) in [5.74, 6) is -0.602. The molecule has 3 heteroatoms. The fourth-order valence-electron chi connectivity index (χ4n) is 0.790. The maximum absolute atomic E-state index is 11.5. The summed E-state index contributed by atoms with van der Waals surface area (Å²) in [6.07, 6.45) is -1.71. The number of rotatable bonds is 2. The summed E-state index contributed by atoms with van der Waals surface area (Å²) in [5, 5.41) is 8.29. The van der Waals surface area contributed by atoms with Crippen LogP contribution in [0, 0.1) is 11.8 Å². The van der Waals surface area contributed by atoms with E-state index in [9.17, 15) is 8.78 Å². The van der Waals surface area contributed by atoms with Crippen molar-refractivity contribution < 1.29 is 13.9 Å². The molecule has 1 nitrogen and oxygen atoms in total. The van der Waals surface area contributed by atoms with Crippen LogP contribution in [0.15, 0.2) is 0 Å². The third-order valence-corrected chi connectivity index (χ3v) is 1.54. The van der Waals surface area contributed by atoms with Gasteiger partial charge in [-0.25, -0.2) is 8.78 Å². The Kier molecular flexibility index (Phi) is 1.47. The van der Waals surface area contributed by atoms with Crippen LogP contribution in [0.5, 0.6) is 0 Å². The number of aliphatic hydroxyl groups excluding tert-OH is 1. The van der Waals surface area contributed by atoms with Crippen LogP contribution in [0.4, 0.5) is 8.78 Å². The molecule has 0 heterocycles. The molecule has 1 saturated carbocycles. The Morgan fingerprint density at radius 3 is 2.38 bits per heavy atom. The minimum absolute atomic E-state index is 0.0744. The van der Waals surface area contributed by atoms with Crippen molar-refractivity contribution in [2.75, 3.05) is 6.61 Å². The van der Waals surface area contributed by atoms with Crippen LogP contribution < -0.4 is 0 Å². The zero-order valence-electron chi connectivity index (χ0n) is 4.35. The summed E-state index contributed by atoms with van der Waals surface area (Å²) in [4.78, 5) is 0. The lowest BCUT2D eigenvalue weighted by Crippen LogP contribution is -1.97. The van der Waals surface area contributed by atoms with Crippen LogP contribution in [0.3, 0.4) is 0 Å². The molecular formula is C5H8F2O. The van der Waals surface area contributed by atoms with Gasteiger partial charge in [-0.15, -0.1) is 0 Å². The van der Waals surface area contributed by atoms with Crippen LogP contribution in [-0.2, 0) is 0 Å². The summed E-state index contributed by atoms with van der Waals surface area (Å²) >= 11 is 0. The Hall–Kier alpha value is -0.180. The zero-order chi connectivity index (χ0) is 6.15. The van der Waals surface area contributed by atoms with E-state index >= 15 is 0 Å². The molecular weight excluding hydrogens is 114 g/mol. The lowest BCUT2D eigenvalue weighted by molar-refractivity contribution is 0.108. The summed E-state index contributed by atoms with van der Waals surface area (Å²) in [5.41, 5.74) is 0. The Morgan fingerprint density at radius 1 is 1.62 bits per heavy atom. The first-order chi connectivity index (χ1) is 3.75. The van der Waals surface area contributed by atoms with E-state index in [1.165, 1.54) is 0 Å². The van der Waals surface area contributed by atoms with Gasteiger partial charge in [0.25, 0.3) is 0 Å². The molecule has 0 bridgehead atoms. The highest BCUT2D eigenvalue weighted by Crippen LogP contribution is 2.42. The van der Waals surface area contributed by atoms with Gasteiger partial charge >= 0.3 is 0 Å². The van der Waals surface area contributed by atoms with E-state index in [0.717, 1.165) is 0 Å². The SMILES string of the molecule is OC[C@@H]1C[C@@H]1C(F)F. The van der Waals surface area contributed by atoms with E-state index in [-0.39, 0.29) is 12.5 Å². The molecule has 0 aromatic carbocycles. The molecule has 0 spiro atoms. The smallest absolute Gasteiger partial charge is 0.241 e. The quantitative estimate of drug-likeness (QED) is 0.576. The van der Waals surface area contributed by atoms with Crippen molar-refractivity contribution in [1.29, 1.82) is 0 Å². The molecule has 2 atom stereocenters. The highest BCUT2D eigenvalue weighted by atomic mass is 19.3. The molecule has 0 unspecified atom stereocenters. The summed E-state index contributed by atoms with van der Waals surface area (Å²) in [6.45, 7) is -0.0744. The van der Waals surface area contributed by atoms with E-state index < -0.39 is 12.3 Å². The lowest BCUT2D eigenvalue weighted by atomic mass is 10.3. The summed E-state index contributed by atoms with van der Waals surface area (Å²) in [7, 11) is 0. The van der Waals surface area contributed by atoms with Crippen LogP contribution in [0.1, 0.15) is 6.42 Å². The molecule has 0 saturated heterocycles. The molecule has 0 aromatic rings. The average Bonchev–Trinajstić information content (AvgIpc) is 2.42. The van der Waals surface area contributed by atoms with Gasteiger partial charge in [-0.1, -0.05) is 0 Å². The van der Waals surface area contributed by atoms with E-state index in [0.29, 0.717) is 6.42 Å². The van der Waals surface area contributed by atoms with Crippen molar-refractivity contribution >= 4 is 0 Å². The number of aliphatic hydroxyl groups is 1. The summed E-state index contributed by atoms with van der Waals surface area (Å²) in [6, 6.07) is 0. The van der Waals surface area contributed by atoms with E-state index in [1.807, 2.05) is 0 Å². The lowest BCUT2D eigenvalue weighted by Gasteiger charge is -1.91. The molecule has 1 N–H and O–H groups in total. The van der Waals surface area contributed by atoms with Crippen molar-refractivity contribution in [3.05, 3.63) is 0 Å². The number of halogens is 2. The van der Waals surface area contributed by atoms with E-state index in [4.69, 9.17) is 5.11 Å². The normalized spacial score (nSPS) is 36.0. The Bertz CT molecular complexity index is 84.5. The van der Waals surface area contributed by atoms with Crippen LogP contribution in [-0.4, -0.2) is 18.1 Å². The largest absolute Gasteiger partial charge is 0.396 e. The predicted octanol–water partition coefficient (Wildman–Crippen LogP) is 0.880. The molecule has 48 valence electrons. The van der Waals surface area contributed by atoms with Crippen LogP contribution in [0.25, 0.3) is 0 Å². The number of hydrogen-bond acceptors (Lipinski definition) is 1. The molecule has 1 aliphatic carbocycles. The minimum atomic E-state index is -2.22. The van der Waals surface area contributed by atoms with Crippen molar-refractivity contribution in [2.24, 2.45) is 11.8 Å². The van der Waals surface area contributed by atoms with Gasteiger partial charge in [-0.2, -0.15) is 0 Å². The fraction of sp³-hybridized carbons (Fsp3) is 1.00. The van der Waals surface area contributed by atoms with Crippen molar-refractivity contribution in [3.63, 3.8) is 0 Å². The van der Waals surface area contributed by atoms with Crippen molar-refractivity contribution in [3.8, 4) is 0 Å². The molecule has 8 heavy (non-hydrogen) atoms. The Morgan fingerprint density at radius 2 is 2.25 bits per heavy atom. The topological polar surface area (TPSA) is 20.2 Å². The van der Waals surface area contributed by atoms with Gasteiger partial charge in [0.05, 0.1) is 0 Å². The molecule has 0 radical (unpaired) electrons. The number of hydrogen-bond donors (Lipinski definition) is 1. The maximum Gasteiger partial charge on any atom is 0.241 e. The molecule has 0 aliphatic heterocycles. The van der Waals surface area contributed by atoms with Gasteiger partial charge in [0.2, 0.25) is 6.43 Å². The van der Waals surface area contributed by atoms with Crippen LogP contribution in [0.2, 0.25) is 0 Å². The highest BCUT2D eigenvalue weighted by molar-refractivity contribution is 4.86. The summed E-state index contributed by atoms with van der Waals surface area (Å²) < 4.78 is 23.1. The highest BCUT2D eigenvalue weighted by Gasteiger charge is 2.43. The maximum atomic E-state index is 11.5. The standard InChI is InChI=1S/C5H8F2O/c6-5(7)4-1-3(4)2-8/h3-5,8H,1-2H2/t3-,4-/m0/s1. The molecule has 1 aliphatic rings. The first-order valence-corrected chi connectivity index (χ1v) is 2.64. The molecule has 0 aromatic heterocycles. The molecule has 0 amide bonds. The zero-order valence-corrected chi connectivity index (χ0v) is 4.35. The minimum Gasteiger partial charge on any atom is -0.396 e. The van der Waals surface area contributed by atoms with Gasteiger partial charge in [-0.05, 0) is 12.3 Å². The predicted molar refractivity (Wildman–Crippen MR) is 24.7 cm³/mol. The third-order valence-electron chi connectivity index (χ3n) is 1.54. The number of alkyl halides is 2. The van der Waals surface area contributed by atoms with Gasteiger partial charge in [-0.3, -0.25) is 0 Å². The van der Waals surface area contributed by atoms with Gasteiger partial charge in [0.1, 0.15) is 0 Å². The average molecular weight is 122 g/mol. The molecule has 1 fully saturated rings. The Labute approximate surface area is 46.3 Å². The van der Waals surface area contributed by atoms with Gasteiger partial charge in [0.15, 0.2) is 0 Å². The fourth-order valence-corrected chi connectivity index (χ4v) is 0.790. The van der Waals surface area contributed by atoms with Crippen LogP contribution >= 0.6 is 0 Å². The van der Waals surface area contributed by atoms with E-state index in [2.05, 4.69) is 0 Å². The second-order valence-electron chi connectivity index (χ2n) is 2.18. The molecule has 1 rings (SSSR count). The van der Waals surface area contributed by atoms with Gasteiger partial charge < -0.3 is 5.11 Å². The van der Waals surface area contributed by atoms with E-state index in [1.54, 1.807) is 0 Å². The second kappa shape index (κ2) is 1.97. The van der Waals surface area contributed by atoms with Crippen molar-refractivity contribution in [2.45, 2.75) is 12.8 Å². The first kappa shape index (κ1) is 5.95. The second-order valence-corrected chi connectivity index (χ2v) is 2.18. The first-order valence-electron chi connectivity index (χ1n) is 2.64. The van der Waals surface area contributed by atoms with Crippen molar-refractivity contribution in [1.82, 2.24) is 0 Å². The third kappa shape index (κ3) is 0.968. The monoisotopic (exact) mass is 122 g/mol. The van der Waals surface area contributed by atoms with Gasteiger partial charge in [0, 0.05) is 12.5 Å².